The van der Waals surface area contributed by atoms with Crippen LogP contribution in [0.5, 0.6) is 0 Å². The Kier molecular flexibility index (Phi) is 4.00. The average Bonchev–Trinajstić information content (AvgIpc) is 2.82. The molecule has 0 spiro atoms. The SMILES string of the molecule is CC1(C)S[C@H]2N(C(=O)C2(C#N)NC(=O)Cc2ccccc2)[C@H]1C(=O)O. The quantitative estimate of drug-likeness (QED) is 0.768. The van der Waals surface area contributed by atoms with Crippen LogP contribution in [0.3, 0.4) is 0 Å². The molecule has 2 aliphatic heterocycles. The molecular weight excluding hydrogens is 342 g/mol. The van der Waals surface area contributed by atoms with Crippen LogP contribution in [0.1, 0.15) is 19.4 Å². The van der Waals surface area contributed by atoms with Crippen molar-refractivity contribution in [3.63, 3.8) is 0 Å². The number of amides is 2. The van der Waals surface area contributed by atoms with Gasteiger partial charge in [0.05, 0.1) is 6.42 Å². The highest BCUT2D eigenvalue weighted by molar-refractivity contribution is 8.01. The smallest absolute Gasteiger partial charge is 0.327 e. The third-order valence-electron chi connectivity index (χ3n) is 4.50. The molecule has 0 aliphatic carbocycles. The largest absolute Gasteiger partial charge is 0.480 e. The summed E-state index contributed by atoms with van der Waals surface area (Å²) in [6.07, 6.45) is 0.0423. The molecule has 0 saturated carbocycles. The van der Waals surface area contributed by atoms with E-state index in [4.69, 9.17) is 0 Å². The van der Waals surface area contributed by atoms with Gasteiger partial charge in [0.1, 0.15) is 17.5 Å². The van der Waals surface area contributed by atoms with Crippen LogP contribution >= 0.6 is 11.8 Å². The molecule has 2 fully saturated rings. The summed E-state index contributed by atoms with van der Waals surface area (Å²) in [6, 6.07) is 9.87. The Morgan fingerprint density at radius 1 is 1.36 bits per heavy atom. The summed E-state index contributed by atoms with van der Waals surface area (Å²) in [4.78, 5) is 37.7. The van der Waals surface area contributed by atoms with Crippen LogP contribution in [-0.4, -0.2) is 49.5 Å². The first-order chi connectivity index (χ1) is 11.7. The van der Waals surface area contributed by atoms with Crippen molar-refractivity contribution >= 4 is 29.5 Å². The first-order valence-electron chi connectivity index (χ1n) is 7.72. The standard InChI is InChI=1S/C17H17N3O4S/c1-16(2)12(13(22)23)20-14(24)17(9-18,15(20)25-16)19-11(21)8-10-6-4-3-5-7-10/h3-7,12,15H,8H2,1-2H3,(H,19,21)(H,22,23)/t12-,15+,17?/m0/s1. The van der Waals surface area contributed by atoms with E-state index in [0.717, 1.165) is 5.56 Å². The fourth-order valence-electron chi connectivity index (χ4n) is 3.35. The lowest BCUT2D eigenvalue weighted by Gasteiger charge is -2.48. The second kappa shape index (κ2) is 5.77. The van der Waals surface area contributed by atoms with Crippen LogP contribution in [0.25, 0.3) is 0 Å². The minimum Gasteiger partial charge on any atom is -0.480 e. The summed E-state index contributed by atoms with van der Waals surface area (Å²) in [6.45, 7) is 3.44. The highest BCUT2D eigenvalue weighted by Gasteiger charge is 2.72. The molecule has 0 bridgehead atoms. The zero-order valence-electron chi connectivity index (χ0n) is 13.7. The number of nitriles is 1. The maximum Gasteiger partial charge on any atom is 0.327 e. The van der Waals surface area contributed by atoms with Crippen LogP contribution < -0.4 is 5.32 Å². The monoisotopic (exact) mass is 359 g/mol. The number of aliphatic carboxylic acids is 1. The second-order valence-electron chi connectivity index (χ2n) is 6.66. The minimum atomic E-state index is -1.71. The Morgan fingerprint density at radius 3 is 2.56 bits per heavy atom. The first-order valence-corrected chi connectivity index (χ1v) is 8.60. The van der Waals surface area contributed by atoms with Crippen molar-refractivity contribution in [3.8, 4) is 6.07 Å². The van der Waals surface area contributed by atoms with Gasteiger partial charge in [0.2, 0.25) is 11.4 Å². The van der Waals surface area contributed by atoms with Gasteiger partial charge in [0.15, 0.2) is 0 Å². The third-order valence-corrected chi connectivity index (χ3v) is 6.14. The number of nitrogens with one attached hydrogen (secondary N) is 1. The van der Waals surface area contributed by atoms with E-state index in [2.05, 4.69) is 5.32 Å². The normalized spacial score (nSPS) is 29.3. The number of hydrogen-bond donors (Lipinski definition) is 2. The van der Waals surface area contributed by atoms with Gasteiger partial charge in [-0.25, -0.2) is 4.79 Å². The number of nitrogens with zero attached hydrogens (tertiary/aromatic N) is 2. The fourth-order valence-corrected chi connectivity index (χ4v) is 4.99. The molecule has 0 radical (unpaired) electrons. The lowest BCUT2D eigenvalue weighted by Crippen LogP contribution is -2.79. The summed E-state index contributed by atoms with van der Waals surface area (Å²) >= 11 is 1.22. The number of carbonyl (C=O) groups is 3. The summed E-state index contributed by atoms with van der Waals surface area (Å²) in [5, 5.41) is 20.9. The maximum atomic E-state index is 12.6. The van der Waals surface area contributed by atoms with Crippen LogP contribution in [0.15, 0.2) is 30.3 Å². The molecule has 2 heterocycles. The van der Waals surface area contributed by atoms with Crippen molar-refractivity contribution in [1.82, 2.24) is 10.2 Å². The zero-order chi connectivity index (χ0) is 18.4. The minimum absolute atomic E-state index is 0.0423. The van der Waals surface area contributed by atoms with Gasteiger partial charge in [0, 0.05) is 4.75 Å². The van der Waals surface area contributed by atoms with Gasteiger partial charge >= 0.3 is 5.97 Å². The van der Waals surface area contributed by atoms with E-state index in [1.54, 1.807) is 38.1 Å². The van der Waals surface area contributed by atoms with Crippen LogP contribution in [-0.2, 0) is 20.8 Å². The number of hydrogen-bond acceptors (Lipinski definition) is 5. The number of carboxylic acids is 1. The predicted molar refractivity (Wildman–Crippen MR) is 90.4 cm³/mol. The third kappa shape index (κ3) is 2.55. The topological polar surface area (TPSA) is 111 Å². The molecule has 1 unspecified atom stereocenters. The number of benzene rings is 1. The van der Waals surface area contributed by atoms with E-state index in [0.29, 0.717) is 0 Å². The summed E-state index contributed by atoms with van der Waals surface area (Å²) in [5.41, 5.74) is -0.947. The Hall–Kier alpha value is -2.53. The number of fused-ring (bicyclic) bond motifs is 1. The van der Waals surface area contributed by atoms with Gasteiger partial charge in [-0.05, 0) is 19.4 Å². The highest BCUT2D eigenvalue weighted by Crippen LogP contribution is 2.54. The molecule has 2 aliphatic rings. The van der Waals surface area contributed by atoms with Crippen LogP contribution in [0.4, 0.5) is 0 Å². The maximum absolute atomic E-state index is 12.6. The average molecular weight is 359 g/mol. The number of thioether (sulfide) groups is 1. The van der Waals surface area contributed by atoms with Crippen LogP contribution in [0.2, 0.25) is 0 Å². The predicted octanol–water partition coefficient (Wildman–Crippen LogP) is 0.755. The second-order valence-corrected chi connectivity index (χ2v) is 8.39. The lowest BCUT2D eigenvalue weighted by atomic mass is 9.85. The number of rotatable bonds is 4. The number of β-lactam (4-membered cyclic amide) rings is 1. The van der Waals surface area contributed by atoms with Gasteiger partial charge in [0.25, 0.3) is 5.91 Å². The molecule has 3 rings (SSSR count). The summed E-state index contributed by atoms with van der Waals surface area (Å²) < 4.78 is -0.755. The molecule has 25 heavy (non-hydrogen) atoms. The van der Waals surface area contributed by atoms with Gasteiger partial charge in [-0.15, -0.1) is 11.8 Å². The summed E-state index contributed by atoms with van der Waals surface area (Å²) in [7, 11) is 0. The van der Waals surface area contributed by atoms with Gasteiger partial charge in [-0.1, -0.05) is 30.3 Å². The van der Waals surface area contributed by atoms with Crippen molar-refractivity contribution < 1.29 is 19.5 Å². The van der Waals surface area contributed by atoms with Crippen LogP contribution in [0, 0.1) is 11.3 Å². The number of carbonyl (C=O) groups excluding carboxylic acids is 2. The van der Waals surface area contributed by atoms with Gasteiger partial charge in [-0.2, -0.15) is 5.26 Å². The Labute approximate surface area is 149 Å². The van der Waals surface area contributed by atoms with Gasteiger partial charge < -0.3 is 15.3 Å². The molecule has 2 amide bonds. The molecule has 0 aromatic heterocycles. The fraction of sp³-hybridized carbons (Fsp3) is 0.412. The van der Waals surface area contributed by atoms with E-state index in [9.17, 15) is 24.8 Å². The van der Waals surface area contributed by atoms with Gasteiger partial charge in [-0.3, -0.25) is 9.59 Å². The lowest BCUT2D eigenvalue weighted by molar-refractivity contribution is -0.165. The highest BCUT2D eigenvalue weighted by atomic mass is 32.2. The van der Waals surface area contributed by atoms with E-state index < -0.39 is 39.5 Å². The zero-order valence-corrected chi connectivity index (χ0v) is 14.5. The Morgan fingerprint density at radius 2 is 2.00 bits per heavy atom. The molecule has 130 valence electrons. The molecule has 2 N–H and O–H groups in total. The first kappa shape index (κ1) is 17.3. The van der Waals surface area contributed by atoms with E-state index >= 15 is 0 Å². The molecular formula is C17H17N3O4S. The van der Waals surface area contributed by atoms with Crippen molar-refractivity contribution in [2.75, 3.05) is 0 Å². The molecule has 1 aromatic rings. The Bertz CT molecular complexity index is 789. The van der Waals surface area contributed by atoms with Crippen molar-refractivity contribution in [1.29, 1.82) is 5.26 Å². The van der Waals surface area contributed by atoms with Crippen molar-refractivity contribution in [3.05, 3.63) is 35.9 Å². The molecule has 1 aromatic carbocycles. The molecule has 3 atom stereocenters. The number of carboxylic acid groups (broad SMARTS) is 1. The summed E-state index contributed by atoms with van der Waals surface area (Å²) in [5.74, 6) is -2.22. The molecule has 2 saturated heterocycles. The van der Waals surface area contributed by atoms with E-state index in [1.165, 1.54) is 16.7 Å². The van der Waals surface area contributed by atoms with Crippen molar-refractivity contribution in [2.24, 2.45) is 0 Å². The molecule has 8 heteroatoms. The Balaban J connectivity index is 1.81. The van der Waals surface area contributed by atoms with E-state index in [1.807, 2.05) is 12.1 Å². The van der Waals surface area contributed by atoms with E-state index in [-0.39, 0.29) is 6.42 Å². The molecule has 7 nitrogen and oxygen atoms in total. The van der Waals surface area contributed by atoms with Crippen molar-refractivity contribution in [2.45, 2.75) is 42.0 Å².